The first-order chi connectivity index (χ1) is 8.19. The zero-order valence-electron chi connectivity index (χ0n) is 10.0. The molecule has 2 nitrogen and oxygen atoms in total. The lowest BCUT2D eigenvalue weighted by atomic mass is 10.1. The number of likely N-dealkylation sites (N-methyl/N-ethyl adjacent to an activating group) is 1. The minimum atomic E-state index is 0.599. The molecule has 1 saturated heterocycles. The topological polar surface area (TPSA) is 15.3 Å². The van der Waals surface area contributed by atoms with Crippen molar-refractivity contribution in [3.8, 4) is 0 Å². The lowest BCUT2D eigenvalue weighted by Crippen LogP contribution is -2.43. The van der Waals surface area contributed by atoms with E-state index in [1.54, 1.807) is 0 Å². The SMILES string of the molecule is CN[C@H]1CCCN(Cc2cc(Cl)ccc2Cl)C1. The van der Waals surface area contributed by atoms with Gasteiger partial charge in [-0.3, -0.25) is 4.90 Å². The minimum absolute atomic E-state index is 0.599. The van der Waals surface area contributed by atoms with E-state index in [2.05, 4.69) is 10.2 Å². The zero-order valence-corrected chi connectivity index (χ0v) is 11.6. The summed E-state index contributed by atoms with van der Waals surface area (Å²) in [6.45, 7) is 3.11. The van der Waals surface area contributed by atoms with Crippen molar-refractivity contribution in [1.29, 1.82) is 0 Å². The summed E-state index contributed by atoms with van der Waals surface area (Å²) in [6, 6.07) is 6.27. The van der Waals surface area contributed by atoms with Crippen LogP contribution in [-0.4, -0.2) is 31.1 Å². The fourth-order valence-corrected chi connectivity index (χ4v) is 2.71. The minimum Gasteiger partial charge on any atom is -0.316 e. The molecular weight excluding hydrogens is 255 g/mol. The second-order valence-electron chi connectivity index (χ2n) is 4.60. The Hall–Kier alpha value is -0.280. The summed E-state index contributed by atoms with van der Waals surface area (Å²) in [4.78, 5) is 2.43. The molecule has 17 heavy (non-hydrogen) atoms. The normalized spacial score (nSPS) is 21.7. The molecule has 1 N–H and O–H groups in total. The molecule has 0 aliphatic carbocycles. The van der Waals surface area contributed by atoms with Crippen LogP contribution in [0.2, 0.25) is 10.0 Å². The number of piperidine rings is 1. The molecule has 1 aliphatic rings. The second kappa shape index (κ2) is 6.05. The number of nitrogens with zero attached hydrogens (tertiary/aromatic N) is 1. The van der Waals surface area contributed by atoms with Gasteiger partial charge in [-0.2, -0.15) is 0 Å². The molecule has 1 fully saturated rings. The zero-order chi connectivity index (χ0) is 12.3. The molecule has 1 atom stereocenters. The highest BCUT2D eigenvalue weighted by Gasteiger charge is 2.19. The molecule has 0 unspecified atom stereocenters. The molecule has 0 spiro atoms. The predicted molar refractivity (Wildman–Crippen MR) is 73.8 cm³/mol. The summed E-state index contributed by atoms with van der Waals surface area (Å²) in [5.74, 6) is 0. The van der Waals surface area contributed by atoms with Gasteiger partial charge in [0.05, 0.1) is 0 Å². The first-order valence-corrected chi connectivity index (χ1v) is 6.78. The van der Waals surface area contributed by atoms with Gasteiger partial charge in [-0.25, -0.2) is 0 Å². The first kappa shape index (κ1) is 13.2. The highest BCUT2D eigenvalue weighted by Crippen LogP contribution is 2.23. The molecule has 4 heteroatoms. The lowest BCUT2D eigenvalue weighted by molar-refractivity contribution is 0.188. The van der Waals surface area contributed by atoms with E-state index >= 15 is 0 Å². The van der Waals surface area contributed by atoms with Gasteiger partial charge in [0.1, 0.15) is 0 Å². The van der Waals surface area contributed by atoms with Gasteiger partial charge >= 0.3 is 0 Å². The number of rotatable bonds is 3. The van der Waals surface area contributed by atoms with Crippen LogP contribution in [0.5, 0.6) is 0 Å². The fraction of sp³-hybridized carbons (Fsp3) is 0.538. The van der Waals surface area contributed by atoms with Crippen molar-refractivity contribution in [2.75, 3.05) is 20.1 Å². The molecule has 1 aromatic carbocycles. The van der Waals surface area contributed by atoms with E-state index in [0.717, 1.165) is 35.2 Å². The van der Waals surface area contributed by atoms with Gasteiger partial charge in [0.15, 0.2) is 0 Å². The Bertz CT molecular complexity index is 382. The van der Waals surface area contributed by atoms with Crippen LogP contribution in [0.15, 0.2) is 18.2 Å². The van der Waals surface area contributed by atoms with Crippen LogP contribution in [0.3, 0.4) is 0 Å². The van der Waals surface area contributed by atoms with Crippen LogP contribution in [0.4, 0.5) is 0 Å². The smallest absolute Gasteiger partial charge is 0.0452 e. The lowest BCUT2D eigenvalue weighted by Gasteiger charge is -2.32. The molecule has 0 bridgehead atoms. The van der Waals surface area contributed by atoms with Crippen molar-refractivity contribution in [3.05, 3.63) is 33.8 Å². The number of likely N-dealkylation sites (tertiary alicyclic amines) is 1. The van der Waals surface area contributed by atoms with E-state index in [1.807, 2.05) is 25.2 Å². The van der Waals surface area contributed by atoms with Gasteiger partial charge in [0, 0.05) is 29.2 Å². The summed E-state index contributed by atoms with van der Waals surface area (Å²) >= 11 is 12.2. The summed E-state index contributed by atoms with van der Waals surface area (Å²) in [5.41, 5.74) is 1.12. The van der Waals surface area contributed by atoms with Crippen molar-refractivity contribution in [3.63, 3.8) is 0 Å². The van der Waals surface area contributed by atoms with E-state index in [9.17, 15) is 0 Å². The molecule has 1 heterocycles. The average molecular weight is 273 g/mol. The van der Waals surface area contributed by atoms with Gasteiger partial charge in [-0.05, 0) is 50.2 Å². The van der Waals surface area contributed by atoms with Crippen molar-refractivity contribution in [1.82, 2.24) is 10.2 Å². The number of hydrogen-bond acceptors (Lipinski definition) is 2. The van der Waals surface area contributed by atoms with E-state index in [4.69, 9.17) is 23.2 Å². The van der Waals surface area contributed by atoms with Crippen LogP contribution in [-0.2, 0) is 6.54 Å². The standard InChI is InChI=1S/C13H18Cl2N2/c1-16-12-3-2-6-17(9-12)8-10-7-11(14)4-5-13(10)15/h4-5,7,12,16H,2-3,6,8-9H2,1H3/t12-/m0/s1. The number of hydrogen-bond donors (Lipinski definition) is 1. The van der Waals surface area contributed by atoms with Gasteiger partial charge in [0.2, 0.25) is 0 Å². The van der Waals surface area contributed by atoms with Crippen LogP contribution >= 0.6 is 23.2 Å². The number of halogens is 2. The molecule has 0 radical (unpaired) electrons. The van der Waals surface area contributed by atoms with Crippen LogP contribution in [0.25, 0.3) is 0 Å². The van der Waals surface area contributed by atoms with Gasteiger partial charge in [0.25, 0.3) is 0 Å². The van der Waals surface area contributed by atoms with Crippen molar-refractivity contribution in [2.45, 2.75) is 25.4 Å². The summed E-state index contributed by atoms with van der Waals surface area (Å²) < 4.78 is 0. The summed E-state index contributed by atoms with van der Waals surface area (Å²) in [5, 5.41) is 4.91. The highest BCUT2D eigenvalue weighted by atomic mass is 35.5. The molecule has 0 amide bonds. The van der Waals surface area contributed by atoms with Crippen molar-refractivity contribution < 1.29 is 0 Å². The van der Waals surface area contributed by atoms with E-state index < -0.39 is 0 Å². The maximum Gasteiger partial charge on any atom is 0.0452 e. The maximum absolute atomic E-state index is 6.18. The van der Waals surface area contributed by atoms with Crippen molar-refractivity contribution in [2.24, 2.45) is 0 Å². The Morgan fingerprint density at radius 3 is 3.00 bits per heavy atom. The molecule has 1 aliphatic heterocycles. The second-order valence-corrected chi connectivity index (χ2v) is 5.44. The third-order valence-corrected chi connectivity index (χ3v) is 3.92. The summed E-state index contributed by atoms with van der Waals surface area (Å²) in [7, 11) is 2.03. The van der Waals surface area contributed by atoms with E-state index in [-0.39, 0.29) is 0 Å². The highest BCUT2D eigenvalue weighted by molar-refractivity contribution is 6.33. The van der Waals surface area contributed by atoms with Gasteiger partial charge in [-0.15, -0.1) is 0 Å². The first-order valence-electron chi connectivity index (χ1n) is 6.02. The largest absolute Gasteiger partial charge is 0.316 e. The Kier molecular flexibility index (Phi) is 4.69. The van der Waals surface area contributed by atoms with E-state index in [1.165, 1.54) is 12.8 Å². The molecule has 94 valence electrons. The molecule has 2 rings (SSSR count). The van der Waals surface area contributed by atoms with Gasteiger partial charge < -0.3 is 5.32 Å². The quantitative estimate of drug-likeness (QED) is 0.910. The molecule has 0 saturated carbocycles. The Balaban J connectivity index is 2.02. The third-order valence-electron chi connectivity index (χ3n) is 3.32. The van der Waals surface area contributed by atoms with Crippen LogP contribution < -0.4 is 5.32 Å². The summed E-state index contributed by atoms with van der Waals surface area (Å²) in [6.07, 6.45) is 2.50. The Labute approximate surface area is 113 Å². The molecule has 1 aromatic rings. The van der Waals surface area contributed by atoms with Crippen LogP contribution in [0.1, 0.15) is 18.4 Å². The third kappa shape index (κ3) is 3.59. The predicted octanol–water partition coefficient (Wildman–Crippen LogP) is 3.18. The number of nitrogens with one attached hydrogen (secondary N) is 1. The van der Waals surface area contributed by atoms with Gasteiger partial charge in [-0.1, -0.05) is 23.2 Å². The molecule has 0 aromatic heterocycles. The van der Waals surface area contributed by atoms with E-state index in [0.29, 0.717) is 6.04 Å². The average Bonchev–Trinajstić information content (AvgIpc) is 2.34. The monoisotopic (exact) mass is 272 g/mol. The number of benzene rings is 1. The maximum atomic E-state index is 6.18. The molecular formula is C13H18Cl2N2. The Morgan fingerprint density at radius 2 is 2.24 bits per heavy atom. The Morgan fingerprint density at radius 1 is 1.41 bits per heavy atom. The van der Waals surface area contributed by atoms with Crippen LogP contribution in [0, 0.1) is 0 Å². The fourth-order valence-electron chi connectivity index (χ4n) is 2.34. The van der Waals surface area contributed by atoms with Crippen molar-refractivity contribution >= 4 is 23.2 Å².